The number of amides is 3. The van der Waals surface area contributed by atoms with Crippen LogP contribution in [-0.4, -0.2) is 40.1 Å². The molecular weight excluding hydrogens is 645 g/mol. The molecule has 1 aromatic heterocycles. The number of rotatable bonds is 7. The summed E-state index contributed by atoms with van der Waals surface area (Å²) in [5.41, 5.74) is 1.73. The standard InChI is InChI=1S/C31H23Cl2N3O6S2/c1-2-42-30(40)16-11-13-17(14-12-16)34-21(37)15-35-29-26(44-31(35)41)22(19-9-6-10-20(32)24(19)33)23-25(43-29)28(39)36(27(23)38)18-7-4-3-5-8-18/h3-14,22-23,25H,2,15H2,1H3,(H,34,37)/t22-,23?,25?/m1/s1. The van der Waals surface area contributed by atoms with Crippen molar-refractivity contribution in [3.8, 4) is 0 Å². The molecule has 224 valence electrons. The smallest absolute Gasteiger partial charge is 0.338 e. The Morgan fingerprint density at radius 1 is 0.932 bits per heavy atom. The molecule has 1 saturated heterocycles. The highest BCUT2D eigenvalue weighted by molar-refractivity contribution is 8.00. The number of halogens is 2. The van der Waals surface area contributed by atoms with Gasteiger partial charge in [-0.25, -0.2) is 9.69 Å². The Morgan fingerprint density at radius 2 is 1.66 bits per heavy atom. The molecule has 2 aliphatic rings. The predicted molar refractivity (Wildman–Crippen MR) is 170 cm³/mol. The molecule has 2 aliphatic heterocycles. The SMILES string of the molecule is CCOC(=O)c1ccc(NC(=O)Cn2c3c(sc2=O)[C@H](c2cccc(Cl)c2Cl)C2C(=O)N(c4ccccc4)C(=O)C2S3)cc1. The lowest BCUT2D eigenvalue weighted by atomic mass is 9.83. The number of benzene rings is 3. The molecule has 3 heterocycles. The van der Waals surface area contributed by atoms with Crippen molar-refractivity contribution >= 4 is 81.4 Å². The zero-order chi connectivity index (χ0) is 31.1. The van der Waals surface area contributed by atoms with E-state index >= 15 is 0 Å². The lowest BCUT2D eigenvalue weighted by Crippen LogP contribution is -2.33. The zero-order valence-electron chi connectivity index (χ0n) is 23.0. The molecule has 44 heavy (non-hydrogen) atoms. The first-order valence-electron chi connectivity index (χ1n) is 13.5. The molecule has 3 atom stereocenters. The monoisotopic (exact) mass is 667 g/mol. The van der Waals surface area contributed by atoms with Crippen molar-refractivity contribution in [3.05, 3.63) is 109 Å². The zero-order valence-corrected chi connectivity index (χ0v) is 26.1. The molecule has 3 amide bonds. The first-order valence-corrected chi connectivity index (χ1v) is 16.0. The molecule has 0 aliphatic carbocycles. The van der Waals surface area contributed by atoms with Gasteiger partial charge in [0.2, 0.25) is 17.7 Å². The highest BCUT2D eigenvalue weighted by atomic mass is 35.5. The molecule has 0 spiro atoms. The summed E-state index contributed by atoms with van der Waals surface area (Å²) < 4.78 is 6.30. The summed E-state index contributed by atoms with van der Waals surface area (Å²) >= 11 is 15.1. The second kappa shape index (κ2) is 12.2. The van der Waals surface area contributed by atoms with Crippen LogP contribution in [0.1, 0.15) is 33.6 Å². The fraction of sp³-hybridized carbons (Fsp3) is 0.194. The fourth-order valence-electron chi connectivity index (χ4n) is 5.43. The molecular formula is C31H23Cl2N3O6S2. The largest absolute Gasteiger partial charge is 0.462 e. The predicted octanol–water partition coefficient (Wildman–Crippen LogP) is 5.83. The molecule has 0 radical (unpaired) electrons. The number of aromatic nitrogens is 1. The van der Waals surface area contributed by atoms with Crippen LogP contribution in [0.2, 0.25) is 10.0 Å². The lowest BCUT2D eigenvalue weighted by Gasteiger charge is -2.31. The minimum absolute atomic E-state index is 0.227. The summed E-state index contributed by atoms with van der Waals surface area (Å²) in [5.74, 6) is -3.38. The molecule has 4 aromatic rings. The van der Waals surface area contributed by atoms with Crippen LogP contribution in [-0.2, 0) is 25.7 Å². The maximum Gasteiger partial charge on any atom is 0.338 e. The van der Waals surface area contributed by atoms with Crippen LogP contribution in [0, 0.1) is 5.92 Å². The summed E-state index contributed by atoms with van der Waals surface area (Å²) in [7, 11) is 0. The third-order valence-electron chi connectivity index (χ3n) is 7.36. The summed E-state index contributed by atoms with van der Waals surface area (Å²) in [5, 5.41) is 2.80. The quantitative estimate of drug-likeness (QED) is 0.195. The van der Waals surface area contributed by atoms with Crippen molar-refractivity contribution in [2.45, 2.75) is 29.7 Å². The van der Waals surface area contributed by atoms with Gasteiger partial charge < -0.3 is 10.1 Å². The van der Waals surface area contributed by atoms with Gasteiger partial charge in [0.25, 0.3) is 0 Å². The summed E-state index contributed by atoms with van der Waals surface area (Å²) in [4.78, 5) is 67.5. The van der Waals surface area contributed by atoms with Gasteiger partial charge in [-0.1, -0.05) is 76.6 Å². The Hall–Kier alpha value is -3.90. The number of para-hydroxylation sites is 1. The first-order chi connectivity index (χ1) is 21.2. The topological polar surface area (TPSA) is 115 Å². The van der Waals surface area contributed by atoms with Gasteiger partial charge in [-0.2, -0.15) is 0 Å². The van der Waals surface area contributed by atoms with Crippen molar-refractivity contribution in [1.82, 2.24) is 4.57 Å². The maximum atomic E-state index is 14.0. The van der Waals surface area contributed by atoms with Crippen molar-refractivity contribution in [1.29, 1.82) is 0 Å². The molecule has 9 nitrogen and oxygen atoms in total. The van der Waals surface area contributed by atoms with E-state index in [2.05, 4.69) is 5.32 Å². The second-order valence-electron chi connectivity index (χ2n) is 10.0. The lowest BCUT2D eigenvalue weighted by molar-refractivity contribution is -0.122. The van der Waals surface area contributed by atoms with Crippen LogP contribution in [0.15, 0.2) is 82.6 Å². The Bertz CT molecular complexity index is 1860. The number of hydrogen-bond donors (Lipinski definition) is 1. The van der Waals surface area contributed by atoms with Gasteiger partial charge in [0.15, 0.2) is 0 Å². The van der Waals surface area contributed by atoms with E-state index in [4.69, 9.17) is 27.9 Å². The van der Waals surface area contributed by atoms with E-state index < -0.39 is 45.6 Å². The number of hydrogen-bond acceptors (Lipinski definition) is 8. The summed E-state index contributed by atoms with van der Waals surface area (Å²) in [6, 6.07) is 19.9. The minimum Gasteiger partial charge on any atom is -0.462 e. The van der Waals surface area contributed by atoms with Gasteiger partial charge in [-0.3, -0.25) is 23.7 Å². The number of nitrogens with one attached hydrogen (secondary N) is 1. The molecule has 6 rings (SSSR count). The highest BCUT2D eigenvalue weighted by Gasteiger charge is 2.57. The average molecular weight is 669 g/mol. The van der Waals surface area contributed by atoms with Crippen LogP contribution < -0.4 is 15.1 Å². The highest BCUT2D eigenvalue weighted by Crippen LogP contribution is 2.55. The van der Waals surface area contributed by atoms with Crippen LogP contribution in [0.4, 0.5) is 11.4 Å². The van der Waals surface area contributed by atoms with Gasteiger partial charge in [0.1, 0.15) is 11.8 Å². The minimum atomic E-state index is -0.867. The van der Waals surface area contributed by atoms with E-state index in [1.807, 2.05) is 0 Å². The Labute approximate surface area is 269 Å². The number of fused-ring (bicyclic) bond motifs is 2. The Morgan fingerprint density at radius 3 is 2.36 bits per heavy atom. The van der Waals surface area contributed by atoms with E-state index in [-0.39, 0.29) is 23.2 Å². The van der Waals surface area contributed by atoms with E-state index in [0.717, 1.165) is 23.1 Å². The van der Waals surface area contributed by atoms with Gasteiger partial charge in [-0.15, -0.1) is 0 Å². The normalized spacial score (nSPS) is 19.0. The van der Waals surface area contributed by atoms with E-state index in [0.29, 0.717) is 32.4 Å². The Balaban J connectivity index is 1.36. The number of thiazole rings is 1. The molecule has 3 aromatic carbocycles. The van der Waals surface area contributed by atoms with E-state index in [1.54, 1.807) is 67.6 Å². The van der Waals surface area contributed by atoms with Gasteiger partial charge in [-0.05, 0) is 55.0 Å². The molecule has 1 fully saturated rings. The number of carbonyl (C=O) groups is 4. The molecule has 2 unspecified atom stereocenters. The van der Waals surface area contributed by atoms with Gasteiger partial charge in [0, 0.05) is 16.5 Å². The number of anilines is 2. The first kappa shape index (κ1) is 30.1. The summed E-state index contributed by atoms with van der Waals surface area (Å²) in [6.45, 7) is 1.61. The third kappa shape index (κ3) is 5.34. The molecule has 13 heteroatoms. The molecule has 0 bridgehead atoms. The average Bonchev–Trinajstić information content (AvgIpc) is 3.45. The van der Waals surface area contributed by atoms with Crippen LogP contribution >= 0.6 is 46.3 Å². The number of ether oxygens (including phenoxy) is 1. The Kier molecular flexibility index (Phi) is 8.38. The van der Waals surface area contributed by atoms with Gasteiger partial charge in [0.05, 0.1) is 38.8 Å². The number of esters is 1. The van der Waals surface area contributed by atoms with Crippen molar-refractivity contribution < 1.29 is 23.9 Å². The molecule has 0 saturated carbocycles. The number of imide groups is 1. The van der Waals surface area contributed by atoms with Crippen LogP contribution in [0.3, 0.4) is 0 Å². The summed E-state index contributed by atoms with van der Waals surface area (Å²) in [6.07, 6.45) is 0. The van der Waals surface area contributed by atoms with Gasteiger partial charge >= 0.3 is 10.8 Å². The van der Waals surface area contributed by atoms with E-state index in [1.165, 1.54) is 21.6 Å². The number of thioether (sulfide) groups is 1. The van der Waals surface area contributed by atoms with Crippen LogP contribution in [0.25, 0.3) is 0 Å². The van der Waals surface area contributed by atoms with Crippen molar-refractivity contribution in [2.75, 3.05) is 16.8 Å². The van der Waals surface area contributed by atoms with Crippen molar-refractivity contribution in [2.24, 2.45) is 5.92 Å². The fourth-order valence-corrected chi connectivity index (χ4v) is 8.62. The number of nitrogens with zero attached hydrogens (tertiary/aromatic N) is 2. The van der Waals surface area contributed by atoms with E-state index in [9.17, 15) is 24.0 Å². The van der Waals surface area contributed by atoms with Crippen LogP contribution in [0.5, 0.6) is 0 Å². The molecule has 1 N–H and O–H groups in total. The number of carbonyl (C=O) groups excluding carboxylic acids is 4. The maximum absolute atomic E-state index is 14.0. The second-order valence-corrected chi connectivity index (χ2v) is 12.9. The van der Waals surface area contributed by atoms with Crippen molar-refractivity contribution in [3.63, 3.8) is 0 Å². The third-order valence-corrected chi connectivity index (χ3v) is 10.8.